The molecule has 4 nitrogen and oxygen atoms in total. The second kappa shape index (κ2) is 5.21. The highest BCUT2D eigenvalue weighted by Gasteiger charge is 2.22. The number of hydrogen-bond acceptors (Lipinski definition) is 3. The summed E-state index contributed by atoms with van der Waals surface area (Å²) in [5.41, 5.74) is 6.52. The lowest BCUT2D eigenvalue weighted by Gasteiger charge is -2.14. The van der Waals surface area contributed by atoms with Gasteiger partial charge in [0.05, 0.1) is 11.7 Å². The molecule has 1 rings (SSSR count). The third kappa shape index (κ3) is 2.99. The molecule has 0 aliphatic carbocycles. The minimum absolute atomic E-state index is 0.105. The van der Waals surface area contributed by atoms with Crippen LogP contribution in [-0.2, 0) is 10.0 Å². The first-order valence-electron chi connectivity index (χ1n) is 5.26. The second-order valence-corrected chi connectivity index (χ2v) is 5.39. The van der Waals surface area contributed by atoms with Gasteiger partial charge < -0.3 is 5.73 Å². The van der Waals surface area contributed by atoms with Crippen molar-refractivity contribution in [2.45, 2.75) is 31.2 Å². The summed E-state index contributed by atoms with van der Waals surface area (Å²) in [5, 5.41) is 0. The van der Waals surface area contributed by atoms with Crippen molar-refractivity contribution in [3.05, 3.63) is 23.8 Å². The summed E-state index contributed by atoms with van der Waals surface area (Å²) in [4.78, 5) is 0.105. The summed E-state index contributed by atoms with van der Waals surface area (Å²) in [6, 6.07) is 4.45. The molecule has 5 heteroatoms. The zero-order valence-electron chi connectivity index (χ0n) is 9.90. The Labute approximate surface area is 102 Å². The highest BCUT2D eigenvalue weighted by molar-refractivity contribution is 7.89. The van der Waals surface area contributed by atoms with Crippen LogP contribution in [0.4, 0.5) is 5.69 Å². The number of rotatable bonds is 4. The molecular formula is C12H16N2O2S. The van der Waals surface area contributed by atoms with Crippen molar-refractivity contribution in [3.8, 4) is 12.3 Å². The fraction of sp³-hybridized carbons (Fsp3) is 0.333. The molecule has 0 radical (unpaired) electrons. The van der Waals surface area contributed by atoms with Gasteiger partial charge in [-0.3, -0.25) is 0 Å². The molecule has 3 N–H and O–H groups in total. The largest absolute Gasteiger partial charge is 0.398 e. The second-order valence-electron chi connectivity index (χ2n) is 3.74. The first kappa shape index (κ1) is 13.6. The maximum atomic E-state index is 12.1. The monoisotopic (exact) mass is 252 g/mol. The summed E-state index contributed by atoms with van der Waals surface area (Å²) in [6.07, 6.45) is 5.77. The van der Waals surface area contributed by atoms with E-state index in [0.29, 0.717) is 12.0 Å². The molecule has 17 heavy (non-hydrogen) atoms. The van der Waals surface area contributed by atoms with Gasteiger partial charge in [-0.25, -0.2) is 8.42 Å². The van der Waals surface area contributed by atoms with E-state index in [2.05, 4.69) is 10.6 Å². The van der Waals surface area contributed by atoms with Crippen molar-refractivity contribution in [1.29, 1.82) is 0 Å². The van der Waals surface area contributed by atoms with Crippen LogP contribution >= 0.6 is 0 Å². The lowest BCUT2D eigenvalue weighted by atomic mass is 10.2. The number of anilines is 1. The quantitative estimate of drug-likeness (QED) is 0.626. The maximum Gasteiger partial charge on any atom is 0.243 e. The Morgan fingerprint density at radius 3 is 2.65 bits per heavy atom. The van der Waals surface area contributed by atoms with E-state index in [-0.39, 0.29) is 10.6 Å². The van der Waals surface area contributed by atoms with E-state index in [1.165, 1.54) is 0 Å². The third-order valence-electron chi connectivity index (χ3n) is 2.42. The van der Waals surface area contributed by atoms with Gasteiger partial charge in [-0.05, 0) is 25.0 Å². The number of hydrogen-bond donors (Lipinski definition) is 2. The normalized spacial score (nSPS) is 13.0. The molecule has 0 saturated carbocycles. The molecule has 0 spiro atoms. The Morgan fingerprint density at radius 1 is 1.53 bits per heavy atom. The molecule has 0 fully saturated rings. The van der Waals surface area contributed by atoms with Crippen molar-refractivity contribution in [3.63, 3.8) is 0 Å². The van der Waals surface area contributed by atoms with Crippen molar-refractivity contribution in [2.75, 3.05) is 5.73 Å². The van der Waals surface area contributed by atoms with Crippen molar-refractivity contribution in [2.24, 2.45) is 0 Å². The van der Waals surface area contributed by atoms with E-state index in [1.807, 2.05) is 6.92 Å². The maximum absolute atomic E-state index is 12.1. The highest BCUT2D eigenvalue weighted by atomic mass is 32.2. The Morgan fingerprint density at radius 2 is 2.18 bits per heavy atom. The summed E-state index contributed by atoms with van der Waals surface area (Å²) < 4.78 is 26.7. The van der Waals surface area contributed by atoms with E-state index in [1.54, 1.807) is 25.1 Å². The first-order valence-corrected chi connectivity index (χ1v) is 6.74. The number of nitrogen functional groups attached to an aromatic ring is 1. The number of sulfonamides is 1. The minimum Gasteiger partial charge on any atom is -0.398 e. The molecule has 0 saturated heterocycles. The van der Waals surface area contributed by atoms with Crippen molar-refractivity contribution < 1.29 is 8.42 Å². The SMILES string of the molecule is C#CC(CC)NS(=O)(=O)c1c(C)cccc1N. The number of benzene rings is 1. The van der Waals surface area contributed by atoms with Crippen LogP contribution in [0.5, 0.6) is 0 Å². The molecule has 0 aromatic heterocycles. The van der Waals surface area contributed by atoms with Gasteiger partial charge in [0.25, 0.3) is 0 Å². The van der Waals surface area contributed by atoms with Crippen LogP contribution in [0.3, 0.4) is 0 Å². The first-order chi connectivity index (χ1) is 7.92. The molecular weight excluding hydrogens is 236 g/mol. The molecule has 1 aromatic rings. The molecule has 0 bridgehead atoms. The van der Waals surface area contributed by atoms with Crippen LogP contribution < -0.4 is 10.5 Å². The van der Waals surface area contributed by atoms with Gasteiger partial charge in [0.2, 0.25) is 10.0 Å². The van der Waals surface area contributed by atoms with Gasteiger partial charge in [0.1, 0.15) is 4.90 Å². The Hall–Kier alpha value is -1.51. The zero-order valence-corrected chi connectivity index (χ0v) is 10.7. The van der Waals surface area contributed by atoms with E-state index < -0.39 is 16.1 Å². The van der Waals surface area contributed by atoms with Gasteiger partial charge in [0.15, 0.2) is 0 Å². The summed E-state index contributed by atoms with van der Waals surface area (Å²) in [7, 11) is -3.66. The van der Waals surface area contributed by atoms with Crippen LogP contribution in [0.25, 0.3) is 0 Å². The molecule has 0 heterocycles. The average Bonchev–Trinajstić information content (AvgIpc) is 2.25. The smallest absolute Gasteiger partial charge is 0.243 e. The molecule has 92 valence electrons. The van der Waals surface area contributed by atoms with Crippen molar-refractivity contribution in [1.82, 2.24) is 4.72 Å². The van der Waals surface area contributed by atoms with Gasteiger partial charge in [-0.2, -0.15) is 4.72 Å². The van der Waals surface area contributed by atoms with Gasteiger partial charge in [-0.15, -0.1) is 6.42 Å². The molecule has 1 atom stereocenters. The highest BCUT2D eigenvalue weighted by Crippen LogP contribution is 2.22. The predicted molar refractivity (Wildman–Crippen MR) is 68.8 cm³/mol. The van der Waals surface area contributed by atoms with Crippen LogP contribution in [0, 0.1) is 19.3 Å². The lowest BCUT2D eigenvalue weighted by molar-refractivity contribution is 0.570. The molecule has 0 aliphatic heterocycles. The molecule has 0 amide bonds. The van der Waals surface area contributed by atoms with E-state index >= 15 is 0 Å². The van der Waals surface area contributed by atoms with E-state index in [4.69, 9.17) is 12.2 Å². The fourth-order valence-corrected chi connectivity index (χ4v) is 3.12. The van der Waals surface area contributed by atoms with Gasteiger partial charge in [0, 0.05) is 0 Å². The van der Waals surface area contributed by atoms with E-state index in [9.17, 15) is 8.42 Å². The average molecular weight is 252 g/mol. The van der Waals surface area contributed by atoms with Crippen LogP contribution in [-0.4, -0.2) is 14.5 Å². The van der Waals surface area contributed by atoms with E-state index in [0.717, 1.165) is 0 Å². The Kier molecular flexibility index (Phi) is 4.16. The lowest BCUT2D eigenvalue weighted by Crippen LogP contribution is -2.34. The van der Waals surface area contributed by atoms with Crippen LogP contribution in [0.2, 0.25) is 0 Å². The summed E-state index contributed by atoms with van der Waals surface area (Å²) >= 11 is 0. The molecule has 0 aliphatic rings. The number of terminal acetylenes is 1. The standard InChI is InChI=1S/C12H16N2O2S/c1-4-10(5-2)14-17(15,16)12-9(3)7-6-8-11(12)13/h1,6-8,10,14H,5,13H2,2-3H3. The fourth-order valence-electron chi connectivity index (χ4n) is 1.52. The third-order valence-corrected chi connectivity index (χ3v) is 4.11. The Balaban J connectivity index is 3.19. The number of aryl methyl sites for hydroxylation is 1. The topological polar surface area (TPSA) is 72.2 Å². The summed E-state index contributed by atoms with van der Waals surface area (Å²) in [5.74, 6) is 2.39. The van der Waals surface area contributed by atoms with Crippen molar-refractivity contribution >= 4 is 15.7 Å². The zero-order chi connectivity index (χ0) is 13.1. The van der Waals surface area contributed by atoms with Gasteiger partial charge >= 0.3 is 0 Å². The number of nitrogens with two attached hydrogens (primary N) is 1. The molecule has 1 unspecified atom stereocenters. The Bertz CT molecular complexity index is 524. The van der Waals surface area contributed by atoms with Crippen LogP contribution in [0.1, 0.15) is 18.9 Å². The van der Waals surface area contributed by atoms with Crippen LogP contribution in [0.15, 0.2) is 23.1 Å². The molecule has 1 aromatic carbocycles. The minimum atomic E-state index is -3.66. The number of nitrogens with one attached hydrogen (secondary N) is 1. The predicted octanol–water partition coefficient (Wildman–Crippen LogP) is 1.27. The summed E-state index contributed by atoms with van der Waals surface area (Å²) in [6.45, 7) is 3.51. The van der Waals surface area contributed by atoms with Gasteiger partial charge in [-0.1, -0.05) is 25.0 Å².